The fourth-order valence-corrected chi connectivity index (χ4v) is 2.27. The molecule has 2 nitrogen and oxygen atoms in total. The molecule has 0 aliphatic rings. The van der Waals surface area contributed by atoms with Crippen LogP contribution in [-0.4, -0.2) is 4.98 Å². The molecule has 0 spiro atoms. The first kappa shape index (κ1) is 12.3. The third kappa shape index (κ3) is 3.56. The normalized spacial score (nSPS) is 11.9. The average molecular weight is 275 g/mol. The van der Waals surface area contributed by atoms with Crippen molar-refractivity contribution in [2.45, 2.75) is 12.6 Å². The van der Waals surface area contributed by atoms with Gasteiger partial charge in [0.15, 0.2) is 0 Å². The zero-order chi connectivity index (χ0) is 15.3. The van der Waals surface area contributed by atoms with Crippen LogP contribution in [0.3, 0.4) is 0 Å². The standard InChI is InChI=1S/C19H18N2/c1-3-9-17(10-4-1)19(18-11-5-2-6-12-18)21-15-16-8-7-13-20-14-16/h1-14,19,21H,15H2/i19D. The molecule has 0 saturated heterocycles. The number of rotatable bonds is 5. The molecule has 0 atom stereocenters. The van der Waals surface area contributed by atoms with E-state index >= 15 is 0 Å². The average Bonchev–Trinajstić information content (AvgIpc) is 2.62. The van der Waals surface area contributed by atoms with Gasteiger partial charge in [-0.15, -0.1) is 0 Å². The zero-order valence-electron chi connectivity index (χ0n) is 12.7. The van der Waals surface area contributed by atoms with Crippen LogP contribution in [0.2, 0.25) is 0 Å². The number of benzene rings is 2. The van der Waals surface area contributed by atoms with Gasteiger partial charge in [-0.05, 0) is 22.8 Å². The number of pyridine rings is 1. The Labute approximate surface area is 126 Å². The van der Waals surface area contributed by atoms with Crippen LogP contribution in [0.25, 0.3) is 0 Å². The lowest BCUT2D eigenvalue weighted by atomic mass is 9.98. The molecule has 0 aliphatic heterocycles. The minimum absolute atomic E-state index is 0.584. The molecule has 3 aromatic rings. The molecule has 0 fully saturated rings. The van der Waals surface area contributed by atoms with Gasteiger partial charge in [0.25, 0.3) is 0 Å². The lowest BCUT2D eigenvalue weighted by molar-refractivity contribution is 0.604. The van der Waals surface area contributed by atoms with Crippen LogP contribution >= 0.6 is 0 Å². The van der Waals surface area contributed by atoms with Gasteiger partial charge in [-0.1, -0.05) is 66.7 Å². The molecule has 2 aromatic carbocycles. The molecule has 21 heavy (non-hydrogen) atoms. The van der Waals surface area contributed by atoms with E-state index in [1.807, 2.05) is 79.0 Å². The molecule has 0 bridgehead atoms. The number of aromatic nitrogens is 1. The Morgan fingerprint density at radius 1 is 0.857 bits per heavy atom. The first-order valence-electron chi connectivity index (χ1n) is 7.54. The Balaban J connectivity index is 1.93. The quantitative estimate of drug-likeness (QED) is 0.762. The van der Waals surface area contributed by atoms with Crippen LogP contribution in [0.15, 0.2) is 85.2 Å². The fraction of sp³-hybridized carbons (Fsp3) is 0.105. The Kier molecular flexibility index (Phi) is 4.00. The Bertz CT molecular complexity index is 660. The fourth-order valence-electron chi connectivity index (χ4n) is 2.27. The summed E-state index contributed by atoms with van der Waals surface area (Å²) in [5, 5.41) is 3.37. The lowest BCUT2D eigenvalue weighted by Gasteiger charge is -2.20. The SMILES string of the molecule is [2H]C(NCc1cccnc1)(c1ccccc1)c1ccccc1. The van der Waals surface area contributed by atoms with Crippen molar-refractivity contribution in [3.8, 4) is 0 Å². The van der Waals surface area contributed by atoms with E-state index in [-0.39, 0.29) is 0 Å². The molecule has 3 rings (SSSR count). The molecule has 1 aromatic heterocycles. The maximum atomic E-state index is 9.02. The van der Waals surface area contributed by atoms with Gasteiger partial charge in [0.2, 0.25) is 0 Å². The minimum Gasteiger partial charge on any atom is -0.302 e. The maximum Gasteiger partial charge on any atom is 0.0579 e. The van der Waals surface area contributed by atoms with Gasteiger partial charge in [0, 0.05) is 18.9 Å². The van der Waals surface area contributed by atoms with Crippen molar-refractivity contribution in [3.05, 3.63) is 102 Å². The summed E-state index contributed by atoms with van der Waals surface area (Å²) < 4.78 is 9.02. The number of hydrogen-bond acceptors (Lipinski definition) is 2. The van der Waals surface area contributed by atoms with Crippen molar-refractivity contribution in [1.29, 1.82) is 0 Å². The van der Waals surface area contributed by atoms with E-state index < -0.39 is 6.02 Å². The van der Waals surface area contributed by atoms with Gasteiger partial charge in [-0.3, -0.25) is 4.98 Å². The number of nitrogens with zero attached hydrogens (tertiary/aromatic N) is 1. The van der Waals surface area contributed by atoms with Gasteiger partial charge in [0.1, 0.15) is 0 Å². The van der Waals surface area contributed by atoms with Crippen LogP contribution < -0.4 is 5.32 Å². The minimum atomic E-state index is -0.988. The van der Waals surface area contributed by atoms with Gasteiger partial charge in [-0.2, -0.15) is 0 Å². The molecule has 1 N–H and O–H groups in total. The van der Waals surface area contributed by atoms with Gasteiger partial charge >= 0.3 is 0 Å². The summed E-state index contributed by atoms with van der Waals surface area (Å²) in [6, 6.07) is 22.7. The highest BCUT2D eigenvalue weighted by Gasteiger charge is 2.12. The van der Waals surface area contributed by atoms with Crippen molar-refractivity contribution in [2.24, 2.45) is 0 Å². The van der Waals surface area contributed by atoms with Crippen LogP contribution in [0.4, 0.5) is 0 Å². The van der Waals surface area contributed by atoms with Crippen LogP contribution in [-0.2, 0) is 6.54 Å². The highest BCUT2D eigenvalue weighted by molar-refractivity contribution is 5.31. The topological polar surface area (TPSA) is 24.9 Å². The van der Waals surface area contributed by atoms with Crippen LogP contribution in [0.1, 0.15) is 24.1 Å². The Hall–Kier alpha value is -2.45. The van der Waals surface area contributed by atoms with Gasteiger partial charge < -0.3 is 5.32 Å². The third-order valence-corrected chi connectivity index (χ3v) is 3.32. The van der Waals surface area contributed by atoms with E-state index in [2.05, 4.69) is 10.3 Å². The predicted molar refractivity (Wildman–Crippen MR) is 85.8 cm³/mol. The molecule has 0 aliphatic carbocycles. The van der Waals surface area contributed by atoms with Crippen LogP contribution in [0, 0.1) is 0 Å². The summed E-state index contributed by atoms with van der Waals surface area (Å²) in [5.74, 6) is 0. The second kappa shape index (κ2) is 6.82. The van der Waals surface area contributed by atoms with Gasteiger partial charge in [-0.25, -0.2) is 0 Å². The smallest absolute Gasteiger partial charge is 0.0579 e. The third-order valence-electron chi connectivity index (χ3n) is 3.32. The summed E-state index contributed by atoms with van der Waals surface area (Å²) in [4.78, 5) is 4.13. The second-order valence-corrected chi connectivity index (χ2v) is 4.82. The Morgan fingerprint density at radius 2 is 1.48 bits per heavy atom. The maximum absolute atomic E-state index is 9.02. The van der Waals surface area contributed by atoms with Crippen LogP contribution in [0.5, 0.6) is 0 Å². The highest BCUT2D eigenvalue weighted by atomic mass is 14.9. The Morgan fingerprint density at radius 3 is 2.00 bits per heavy atom. The molecule has 104 valence electrons. The molecule has 0 unspecified atom stereocenters. The largest absolute Gasteiger partial charge is 0.302 e. The van der Waals surface area contributed by atoms with E-state index in [1.54, 1.807) is 6.20 Å². The molecular formula is C19H18N2. The first-order valence-corrected chi connectivity index (χ1v) is 7.04. The summed E-state index contributed by atoms with van der Waals surface area (Å²) in [6.45, 7) is 0.584. The van der Waals surface area contributed by atoms with Crippen molar-refractivity contribution in [1.82, 2.24) is 10.3 Å². The molecule has 0 amide bonds. The van der Waals surface area contributed by atoms with E-state index in [0.29, 0.717) is 6.54 Å². The number of nitrogens with one attached hydrogen (secondary N) is 1. The van der Waals surface area contributed by atoms with Crippen molar-refractivity contribution in [3.63, 3.8) is 0 Å². The van der Waals surface area contributed by atoms with E-state index in [0.717, 1.165) is 16.7 Å². The van der Waals surface area contributed by atoms with E-state index in [4.69, 9.17) is 1.37 Å². The summed E-state index contributed by atoms with van der Waals surface area (Å²) in [6.07, 6.45) is 3.58. The highest BCUT2D eigenvalue weighted by Crippen LogP contribution is 2.22. The second-order valence-electron chi connectivity index (χ2n) is 4.82. The van der Waals surface area contributed by atoms with E-state index in [1.165, 1.54) is 0 Å². The number of hydrogen-bond donors (Lipinski definition) is 1. The molecule has 0 saturated carbocycles. The zero-order valence-corrected chi connectivity index (χ0v) is 11.7. The molecule has 2 heteroatoms. The summed E-state index contributed by atoms with van der Waals surface area (Å²) in [7, 11) is 0. The predicted octanol–water partition coefficient (Wildman–Crippen LogP) is 3.96. The molecule has 0 radical (unpaired) electrons. The first-order chi connectivity index (χ1) is 10.8. The van der Waals surface area contributed by atoms with Crippen molar-refractivity contribution < 1.29 is 1.37 Å². The molecular weight excluding hydrogens is 256 g/mol. The summed E-state index contributed by atoms with van der Waals surface area (Å²) >= 11 is 0. The monoisotopic (exact) mass is 275 g/mol. The van der Waals surface area contributed by atoms with Crippen molar-refractivity contribution in [2.75, 3.05) is 0 Å². The molecule has 1 heterocycles. The van der Waals surface area contributed by atoms with Crippen molar-refractivity contribution >= 4 is 0 Å². The van der Waals surface area contributed by atoms with Gasteiger partial charge in [0.05, 0.1) is 7.39 Å². The van der Waals surface area contributed by atoms with E-state index in [9.17, 15) is 0 Å². The summed E-state index contributed by atoms with van der Waals surface area (Å²) in [5.41, 5.74) is 2.90. The lowest BCUT2D eigenvalue weighted by Crippen LogP contribution is -2.22.